The van der Waals surface area contributed by atoms with Crippen LogP contribution in [0.2, 0.25) is 5.02 Å². The Morgan fingerprint density at radius 3 is 2.77 bits per heavy atom. The molecule has 0 aliphatic heterocycles. The van der Waals surface area contributed by atoms with E-state index in [1.165, 1.54) is 6.20 Å². The molecule has 0 atom stereocenters. The van der Waals surface area contributed by atoms with Gasteiger partial charge in [-0.2, -0.15) is 5.10 Å². The van der Waals surface area contributed by atoms with Gasteiger partial charge >= 0.3 is 0 Å². The molecular formula is C9H13ClN2O. The van der Waals surface area contributed by atoms with Crippen molar-refractivity contribution in [3.05, 3.63) is 16.9 Å². The van der Waals surface area contributed by atoms with E-state index >= 15 is 0 Å². The molecule has 4 heteroatoms. The first-order chi connectivity index (χ1) is 6.07. The maximum absolute atomic E-state index is 11.7. The molecule has 0 aliphatic carbocycles. The number of halogens is 1. The highest BCUT2D eigenvalue weighted by Crippen LogP contribution is 2.18. The molecular weight excluding hydrogens is 188 g/mol. The normalized spacial score (nSPS) is 10.8. The monoisotopic (exact) mass is 200 g/mol. The Kier molecular flexibility index (Phi) is 3.09. The van der Waals surface area contributed by atoms with Crippen LogP contribution in [0.3, 0.4) is 0 Å². The van der Waals surface area contributed by atoms with E-state index in [4.69, 9.17) is 11.6 Å². The van der Waals surface area contributed by atoms with Crippen molar-refractivity contribution in [3.63, 3.8) is 0 Å². The summed E-state index contributed by atoms with van der Waals surface area (Å²) in [6.45, 7) is 6.30. The van der Waals surface area contributed by atoms with Crippen molar-refractivity contribution in [3.8, 4) is 0 Å². The Morgan fingerprint density at radius 2 is 2.31 bits per heavy atom. The zero-order valence-electron chi connectivity index (χ0n) is 8.04. The molecule has 0 saturated heterocycles. The zero-order chi connectivity index (χ0) is 10.0. The maximum atomic E-state index is 11.7. The number of hydrogen-bond donors (Lipinski definition) is 0. The fraction of sp³-hybridized carbons (Fsp3) is 0.556. The van der Waals surface area contributed by atoms with E-state index in [0.29, 0.717) is 17.3 Å². The van der Waals surface area contributed by atoms with Crippen molar-refractivity contribution in [1.82, 2.24) is 9.78 Å². The summed E-state index contributed by atoms with van der Waals surface area (Å²) >= 11 is 5.86. The average Bonchev–Trinajstić information content (AvgIpc) is 2.45. The Morgan fingerprint density at radius 1 is 1.69 bits per heavy atom. The van der Waals surface area contributed by atoms with Gasteiger partial charge in [-0.25, -0.2) is 0 Å². The molecule has 1 aromatic rings. The molecule has 1 rings (SSSR count). The van der Waals surface area contributed by atoms with Gasteiger partial charge in [0.05, 0.1) is 11.2 Å². The van der Waals surface area contributed by atoms with Crippen LogP contribution in [0.1, 0.15) is 31.3 Å². The minimum atomic E-state index is -0.0421. The van der Waals surface area contributed by atoms with Gasteiger partial charge in [0.25, 0.3) is 0 Å². The van der Waals surface area contributed by atoms with E-state index in [0.717, 1.165) is 0 Å². The number of aromatic nitrogens is 2. The van der Waals surface area contributed by atoms with Crippen LogP contribution in [0.25, 0.3) is 0 Å². The third-order valence-electron chi connectivity index (χ3n) is 1.85. The van der Waals surface area contributed by atoms with Crippen molar-refractivity contribution in [1.29, 1.82) is 0 Å². The molecule has 0 bridgehead atoms. The smallest absolute Gasteiger partial charge is 0.184 e. The Balaban J connectivity index is 3.11. The molecule has 72 valence electrons. The summed E-state index contributed by atoms with van der Waals surface area (Å²) in [5.74, 6) is 0.00356. The van der Waals surface area contributed by atoms with Crippen LogP contribution in [-0.2, 0) is 6.54 Å². The van der Waals surface area contributed by atoms with E-state index in [9.17, 15) is 4.79 Å². The van der Waals surface area contributed by atoms with Gasteiger partial charge in [-0.15, -0.1) is 0 Å². The quantitative estimate of drug-likeness (QED) is 0.703. The number of rotatable bonds is 3. The molecule has 13 heavy (non-hydrogen) atoms. The standard InChI is InChI=1S/C9H13ClN2O/c1-4-12-8(7(10)5-11-12)9(13)6(2)3/h5-6H,4H2,1-3H3. The lowest BCUT2D eigenvalue weighted by Crippen LogP contribution is -2.14. The van der Waals surface area contributed by atoms with Crippen molar-refractivity contribution in [2.45, 2.75) is 27.3 Å². The Bertz CT molecular complexity index is 317. The van der Waals surface area contributed by atoms with Gasteiger partial charge in [-0.3, -0.25) is 9.48 Å². The molecule has 0 unspecified atom stereocenters. The number of aryl methyl sites for hydroxylation is 1. The minimum absolute atomic E-state index is 0.0421. The summed E-state index contributed by atoms with van der Waals surface area (Å²) in [5, 5.41) is 4.45. The van der Waals surface area contributed by atoms with Gasteiger partial charge in [0.15, 0.2) is 5.78 Å². The van der Waals surface area contributed by atoms with Gasteiger partial charge in [0, 0.05) is 12.5 Å². The molecule has 0 aromatic carbocycles. The molecule has 0 amide bonds. The lowest BCUT2D eigenvalue weighted by Gasteiger charge is -2.06. The summed E-state index contributed by atoms with van der Waals surface area (Å²) in [4.78, 5) is 11.7. The van der Waals surface area contributed by atoms with Crippen LogP contribution in [0.4, 0.5) is 0 Å². The first kappa shape index (κ1) is 10.3. The summed E-state index contributed by atoms with van der Waals surface area (Å²) in [6.07, 6.45) is 1.51. The predicted octanol–water partition coefficient (Wildman–Crippen LogP) is 2.40. The molecule has 3 nitrogen and oxygen atoms in total. The van der Waals surface area contributed by atoms with Crippen LogP contribution in [0, 0.1) is 5.92 Å². The van der Waals surface area contributed by atoms with E-state index in [1.54, 1.807) is 4.68 Å². The predicted molar refractivity (Wildman–Crippen MR) is 52.1 cm³/mol. The highest BCUT2D eigenvalue weighted by molar-refractivity contribution is 6.33. The third kappa shape index (κ3) is 1.91. The highest BCUT2D eigenvalue weighted by atomic mass is 35.5. The summed E-state index contributed by atoms with van der Waals surface area (Å²) in [5.41, 5.74) is 0.527. The topological polar surface area (TPSA) is 34.9 Å². The number of nitrogens with zero attached hydrogens (tertiary/aromatic N) is 2. The molecule has 0 radical (unpaired) electrons. The summed E-state index contributed by atoms with van der Waals surface area (Å²) in [7, 11) is 0. The van der Waals surface area contributed by atoms with Crippen molar-refractivity contribution in [2.75, 3.05) is 0 Å². The molecule has 1 heterocycles. The van der Waals surface area contributed by atoms with Crippen molar-refractivity contribution >= 4 is 17.4 Å². The molecule has 0 fully saturated rings. The molecule has 0 saturated carbocycles. The van der Waals surface area contributed by atoms with E-state index in [1.807, 2.05) is 20.8 Å². The van der Waals surface area contributed by atoms with E-state index in [2.05, 4.69) is 5.10 Å². The third-order valence-corrected chi connectivity index (χ3v) is 2.13. The van der Waals surface area contributed by atoms with Crippen LogP contribution in [0.5, 0.6) is 0 Å². The molecule has 0 N–H and O–H groups in total. The van der Waals surface area contributed by atoms with Gasteiger partial charge in [0.1, 0.15) is 5.69 Å². The Hall–Kier alpha value is -0.830. The number of ketones is 1. The van der Waals surface area contributed by atoms with Gasteiger partial charge < -0.3 is 0 Å². The zero-order valence-corrected chi connectivity index (χ0v) is 8.80. The highest BCUT2D eigenvalue weighted by Gasteiger charge is 2.18. The van der Waals surface area contributed by atoms with Gasteiger partial charge in [0.2, 0.25) is 0 Å². The fourth-order valence-electron chi connectivity index (χ4n) is 1.12. The summed E-state index contributed by atoms with van der Waals surface area (Å²) < 4.78 is 1.63. The lowest BCUT2D eigenvalue weighted by atomic mass is 10.1. The number of carbonyl (C=O) groups is 1. The number of Topliss-reactive ketones (excluding diaryl/α,β-unsaturated/α-hetero) is 1. The van der Waals surface area contributed by atoms with Gasteiger partial charge in [-0.05, 0) is 6.92 Å². The second-order valence-corrected chi connectivity index (χ2v) is 3.58. The second-order valence-electron chi connectivity index (χ2n) is 3.18. The first-order valence-electron chi connectivity index (χ1n) is 4.33. The van der Waals surface area contributed by atoms with Crippen LogP contribution >= 0.6 is 11.6 Å². The van der Waals surface area contributed by atoms with Crippen LogP contribution in [0.15, 0.2) is 6.20 Å². The van der Waals surface area contributed by atoms with Crippen LogP contribution < -0.4 is 0 Å². The fourth-order valence-corrected chi connectivity index (χ4v) is 1.35. The number of carbonyl (C=O) groups excluding carboxylic acids is 1. The maximum Gasteiger partial charge on any atom is 0.184 e. The largest absolute Gasteiger partial charge is 0.292 e. The molecule has 0 aliphatic rings. The number of hydrogen-bond acceptors (Lipinski definition) is 2. The van der Waals surface area contributed by atoms with E-state index < -0.39 is 0 Å². The van der Waals surface area contributed by atoms with Crippen LogP contribution in [-0.4, -0.2) is 15.6 Å². The average molecular weight is 201 g/mol. The lowest BCUT2D eigenvalue weighted by molar-refractivity contribution is 0.0929. The SMILES string of the molecule is CCn1ncc(Cl)c1C(=O)C(C)C. The Labute approximate surface area is 82.7 Å². The molecule has 1 aromatic heterocycles. The summed E-state index contributed by atoms with van der Waals surface area (Å²) in [6, 6.07) is 0. The molecule has 0 spiro atoms. The van der Waals surface area contributed by atoms with Crippen molar-refractivity contribution in [2.24, 2.45) is 5.92 Å². The first-order valence-corrected chi connectivity index (χ1v) is 4.71. The minimum Gasteiger partial charge on any atom is -0.292 e. The van der Waals surface area contributed by atoms with Crippen molar-refractivity contribution < 1.29 is 4.79 Å². The van der Waals surface area contributed by atoms with E-state index in [-0.39, 0.29) is 11.7 Å². The second kappa shape index (κ2) is 3.92. The van der Waals surface area contributed by atoms with Gasteiger partial charge in [-0.1, -0.05) is 25.4 Å².